The van der Waals surface area contributed by atoms with Gasteiger partial charge in [-0.05, 0) is 37.5 Å². The van der Waals surface area contributed by atoms with Crippen LogP contribution < -0.4 is 0 Å². The summed E-state index contributed by atoms with van der Waals surface area (Å²) in [6, 6.07) is 3.29. The molecular formula is C17H27ClN2O2RuS. The molecule has 1 aliphatic rings. The molecule has 1 saturated carbocycles. The number of rotatable bonds is 4. The number of halogens is 1. The molecule has 0 aromatic heterocycles. The molecule has 1 fully saturated rings. The van der Waals surface area contributed by atoms with Gasteiger partial charge in [0.2, 0.25) is 0 Å². The number of sulfonamides is 1. The van der Waals surface area contributed by atoms with Crippen molar-refractivity contribution in [2.24, 2.45) is 0 Å². The zero-order valence-electron chi connectivity index (χ0n) is 14.7. The molecule has 1 aliphatic carbocycles. The zero-order valence-corrected chi connectivity index (χ0v) is 18.1. The first-order valence-electron chi connectivity index (χ1n) is 7.64. The van der Waals surface area contributed by atoms with Gasteiger partial charge in [0.1, 0.15) is 0 Å². The fourth-order valence-corrected chi connectivity index (χ4v) is 4.66. The van der Waals surface area contributed by atoms with Gasteiger partial charge in [0, 0.05) is 0 Å². The topological polar surface area (TPSA) is 72.0 Å². The van der Waals surface area contributed by atoms with Gasteiger partial charge in [-0.1, -0.05) is 43.4 Å². The van der Waals surface area contributed by atoms with Crippen molar-refractivity contribution in [2.45, 2.75) is 64.3 Å². The van der Waals surface area contributed by atoms with Crippen LogP contribution in [-0.2, 0) is 33.1 Å². The molecule has 0 heterocycles. The van der Waals surface area contributed by atoms with Crippen LogP contribution in [0.2, 0.25) is 0 Å². The molecule has 0 saturated heterocycles. The second kappa shape index (κ2) is 10.9. The number of hydrogen-bond acceptors (Lipinski definition) is 2. The van der Waals surface area contributed by atoms with Crippen LogP contribution in [-0.4, -0.2) is 20.5 Å². The Labute approximate surface area is 161 Å². The number of aryl methyl sites for hydroxylation is 3. The second-order valence-electron chi connectivity index (χ2n) is 6.17. The van der Waals surface area contributed by atoms with Gasteiger partial charge in [-0.3, -0.25) is 0 Å². The maximum atomic E-state index is 12.4. The van der Waals surface area contributed by atoms with Crippen LogP contribution in [0.3, 0.4) is 0 Å². The van der Waals surface area contributed by atoms with Crippen LogP contribution in [0.25, 0.3) is 10.5 Å². The molecule has 1 aromatic rings. The average Bonchev–Trinajstić information content (AvgIpc) is 2.47. The monoisotopic (exact) mass is 460 g/mol. The summed E-state index contributed by atoms with van der Waals surface area (Å²) in [5.74, 6) is -0.0475. The van der Waals surface area contributed by atoms with E-state index >= 15 is 0 Å². The van der Waals surface area contributed by atoms with E-state index < -0.39 is 10.0 Å². The molecule has 0 bridgehead atoms. The van der Waals surface area contributed by atoms with E-state index in [1.165, 1.54) is 0 Å². The first kappa shape index (κ1) is 24.0. The molecule has 0 spiro atoms. The van der Waals surface area contributed by atoms with Gasteiger partial charge in [-0.2, -0.15) is 6.04 Å². The summed E-state index contributed by atoms with van der Waals surface area (Å²) in [4.78, 5) is 0. The number of hydrogen-bond donors (Lipinski definition) is 0. The van der Waals surface area contributed by atoms with Crippen LogP contribution in [0, 0.1) is 28.2 Å². The predicted molar refractivity (Wildman–Crippen MR) is 99.3 cm³/mol. The summed E-state index contributed by atoms with van der Waals surface area (Å²) in [5.41, 5.74) is 11.9. The molecule has 0 aliphatic heterocycles. The van der Waals surface area contributed by atoms with Crippen molar-refractivity contribution in [1.82, 2.24) is 0 Å². The van der Waals surface area contributed by atoms with E-state index in [-0.39, 0.29) is 25.3 Å². The molecule has 2 rings (SSSR count). The SMILES string of the molecule is Cc1cc(C)c(CS(=O)(=O)[N-]C2CCCCC2[NH-])c(C)c1.[CH3-].[Cl][Ru+3]. The van der Waals surface area contributed by atoms with E-state index in [9.17, 15) is 8.42 Å². The molecule has 2 unspecified atom stereocenters. The fraction of sp³-hybridized carbons (Fsp3) is 0.588. The van der Waals surface area contributed by atoms with E-state index in [0.717, 1.165) is 47.9 Å². The van der Waals surface area contributed by atoms with E-state index in [1.54, 1.807) is 0 Å². The van der Waals surface area contributed by atoms with E-state index in [0.29, 0.717) is 0 Å². The zero-order chi connectivity index (χ0) is 17.6. The van der Waals surface area contributed by atoms with Gasteiger partial charge in [0.25, 0.3) is 0 Å². The van der Waals surface area contributed by atoms with Crippen molar-refractivity contribution in [3.63, 3.8) is 0 Å². The van der Waals surface area contributed by atoms with Crippen LogP contribution in [0.1, 0.15) is 47.9 Å². The first-order valence-corrected chi connectivity index (χ1v) is 11.5. The van der Waals surface area contributed by atoms with Crippen molar-refractivity contribution in [3.05, 3.63) is 52.3 Å². The van der Waals surface area contributed by atoms with Crippen LogP contribution in [0.4, 0.5) is 0 Å². The van der Waals surface area contributed by atoms with Crippen molar-refractivity contribution in [3.8, 4) is 0 Å². The Kier molecular flexibility index (Phi) is 10.9. The second-order valence-corrected chi connectivity index (χ2v) is 7.83. The van der Waals surface area contributed by atoms with Gasteiger partial charge in [0.05, 0.1) is 15.8 Å². The van der Waals surface area contributed by atoms with Crippen molar-refractivity contribution in [1.29, 1.82) is 0 Å². The summed E-state index contributed by atoms with van der Waals surface area (Å²) in [7, 11) is 1.05. The molecule has 1 N–H and O–H groups in total. The Bertz CT molecular complexity index is 600. The van der Waals surface area contributed by atoms with Gasteiger partial charge in [-0.25, -0.2) is 8.42 Å². The Balaban J connectivity index is 0.00000170. The molecule has 4 nitrogen and oxygen atoms in total. The Morgan fingerprint density at radius 2 is 1.67 bits per heavy atom. The predicted octanol–water partition coefficient (Wildman–Crippen LogP) is 5.32. The fourth-order valence-electron chi connectivity index (χ4n) is 3.10. The van der Waals surface area contributed by atoms with Gasteiger partial charge >= 0.3 is 27.0 Å². The van der Waals surface area contributed by atoms with Crippen molar-refractivity contribution in [2.75, 3.05) is 0 Å². The molecule has 7 heteroatoms. The van der Waals surface area contributed by atoms with Gasteiger partial charge < -0.3 is 17.9 Å². The summed E-state index contributed by atoms with van der Waals surface area (Å²) in [6.45, 7) is 5.90. The molecule has 2 atom stereocenters. The van der Waals surface area contributed by atoms with E-state index in [4.69, 9.17) is 5.73 Å². The van der Waals surface area contributed by atoms with Crippen LogP contribution in [0.15, 0.2) is 12.1 Å². The van der Waals surface area contributed by atoms with E-state index in [2.05, 4.69) is 14.4 Å². The number of nitrogens with zero attached hydrogens (tertiary/aromatic N) is 1. The number of benzene rings is 1. The van der Waals surface area contributed by atoms with Crippen molar-refractivity contribution >= 4 is 19.7 Å². The minimum atomic E-state index is -3.52. The maximum absolute atomic E-state index is 12.4. The quantitative estimate of drug-likeness (QED) is 0.451. The molecule has 0 radical (unpaired) electrons. The van der Waals surface area contributed by atoms with Gasteiger partial charge in [0.15, 0.2) is 0 Å². The summed E-state index contributed by atoms with van der Waals surface area (Å²) in [6.07, 6.45) is 3.46. The third-order valence-electron chi connectivity index (χ3n) is 4.19. The van der Waals surface area contributed by atoms with Gasteiger partial charge in [-0.15, -0.1) is 6.04 Å². The third kappa shape index (κ3) is 7.09. The standard InChI is InChI=1S/C16H24N2O2S.CH3.ClH.Ru/c1-11-8-12(2)14(13(3)9-11)10-21(19,20)18-16-7-5-4-6-15(16)17;;;/h8-9,15-17H,4-7,10H2,1-3H3;1H3;1H;/q-2;-1;;+4/p-1. The molecule has 1 aromatic carbocycles. The Hall–Kier alpha value is 0.00338. The Morgan fingerprint density at radius 1 is 1.17 bits per heavy atom. The summed E-state index contributed by atoms with van der Waals surface area (Å²) in [5, 5.41) is 0. The van der Waals surface area contributed by atoms with Crippen molar-refractivity contribution < 1.29 is 25.7 Å². The van der Waals surface area contributed by atoms with Crippen LogP contribution >= 0.6 is 9.69 Å². The summed E-state index contributed by atoms with van der Waals surface area (Å²) < 4.78 is 28.7. The number of nitrogens with one attached hydrogen (secondary N) is 1. The molecule has 24 heavy (non-hydrogen) atoms. The summed E-state index contributed by atoms with van der Waals surface area (Å²) >= 11 is 1.82. The average molecular weight is 460 g/mol. The third-order valence-corrected chi connectivity index (χ3v) is 5.44. The molecule has 0 amide bonds. The van der Waals surface area contributed by atoms with Crippen LogP contribution in [0.5, 0.6) is 0 Å². The first-order chi connectivity index (χ1) is 10.8. The normalized spacial score (nSPS) is 20.5. The van der Waals surface area contributed by atoms with E-state index in [1.807, 2.05) is 50.2 Å². The molecule has 138 valence electrons. The molecular weight excluding hydrogens is 433 g/mol. The minimum absolute atomic E-state index is 0. The Morgan fingerprint density at radius 3 is 2.17 bits per heavy atom.